The number of carbonyl (C=O) groups excluding carboxylic acids is 2. The highest BCUT2D eigenvalue weighted by Crippen LogP contribution is 2.10. The Morgan fingerprint density at radius 2 is 1.70 bits per heavy atom. The summed E-state index contributed by atoms with van der Waals surface area (Å²) >= 11 is 0. The fraction of sp³-hybridized carbons (Fsp3) is 0.429. The number of hydrogen-bond acceptors (Lipinski definition) is 3. The molecule has 3 amide bonds. The van der Waals surface area contributed by atoms with Gasteiger partial charge in [-0.25, -0.2) is 4.79 Å². The molecule has 0 aliphatic rings. The molecule has 20 heavy (non-hydrogen) atoms. The summed E-state index contributed by atoms with van der Waals surface area (Å²) in [5.41, 5.74) is 0.553. The van der Waals surface area contributed by atoms with Crippen LogP contribution in [0.25, 0.3) is 0 Å². The van der Waals surface area contributed by atoms with Gasteiger partial charge in [0.05, 0.1) is 7.11 Å². The first-order valence-electron chi connectivity index (χ1n) is 6.49. The Morgan fingerprint density at radius 1 is 1.10 bits per heavy atom. The third kappa shape index (κ3) is 5.60. The molecule has 0 bridgehead atoms. The van der Waals surface area contributed by atoms with E-state index in [4.69, 9.17) is 4.74 Å². The number of urea groups is 1. The predicted octanol–water partition coefficient (Wildman–Crippen LogP) is 1.13. The van der Waals surface area contributed by atoms with Crippen LogP contribution in [0.5, 0.6) is 5.75 Å². The Balaban J connectivity index is 2.27. The zero-order valence-electron chi connectivity index (χ0n) is 12.0. The van der Waals surface area contributed by atoms with Crippen LogP contribution >= 0.6 is 0 Å². The summed E-state index contributed by atoms with van der Waals surface area (Å²) in [6, 6.07) is 6.68. The summed E-state index contributed by atoms with van der Waals surface area (Å²) in [5, 5.41) is 8.08. The van der Waals surface area contributed by atoms with Crippen molar-refractivity contribution in [3.05, 3.63) is 29.8 Å². The maximum Gasteiger partial charge on any atom is 0.315 e. The first-order valence-corrected chi connectivity index (χ1v) is 6.49. The SMILES string of the molecule is COc1ccc(C(=O)NCCNC(=O)NC(C)C)cc1. The lowest BCUT2D eigenvalue weighted by Crippen LogP contribution is -2.42. The zero-order chi connectivity index (χ0) is 15.0. The molecule has 0 aliphatic heterocycles. The fourth-order valence-corrected chi connectivity index (χ4v) is 1.51. The van der Waals surface area contributed by atoms with E-state index >= 15 is 0 Å². The van der Waals surface area contributed by atoms with E-state index in [1.807, 2.05) is 13.8 Å². The van der Waals surface area contributed by atoms with Gasteiger partial charge in [-0.2, -0.15) is 0 Å². The van der Waals surface area contributed by atoms with Crippen LogP contribution in [0.1, 0.15) is 24.2 Å². The topological polar surface area (TPSA) is 79.5 Å². The van der Waals surface area contributed by atoms with Crippen molar-refractivity contribution in [3.63, 3.8) is 0 Å². The number of ether oxygens (including phenoxy) is 1. The Hall–Kier alpha value is -2.24. The van der Waals surface area contributed by atoms with Crippen molar-refractivity contribution < 1.29 is 14.3 Å². The van der Waals surface area contributed by atoms with E-state index in [2.05, 4.69) is 16.0 Å². The number of hydrogen-bond donors (Lipinski definition) is 3. The minimum Gasteiger partial charge on any atom is -0.497 e. The van der Waals surface area contributed by atoms with Gasteiger partial charge in [-0.15, -0.1) is 0 Å². The molecular weight excluding hydrogens is 258 g/mol. The lowest BCUT2D eigenvalue weighted by molar-refractivity contribution is 0.0953. The zero-order valence-corrected chi connectivity index (χ0v) is 12.0. The summed E-state index contributed by atoms with van der Waals surface area (Å²) < 4.78 is 5.02. The molecule has 0 saturated carbocycles. The maximum absolute atomic E-state index is 11.8. The van der Waals surface area contributed by atoms with E-state index in [9.17, 15) is 9.59 Å². The van der Waals surface area contributed by atoms with E-state index in [1.165, 1.54) is 0 Å². The van der Waals surface area contributed by atoms with Crippen molar-refractivity contribution in [2.24, 2.45) is 0 Å². The normalized spacial score (nSPS) is 10.0. The predicted molar refractivity (Wildman–Crippen MR) is 77.0 cm³/mol. The van der Waals surface area contributed by atoms with Crippen LogP contribution in [0, 0.1) is 0 Å². The van der Waals surface area contributed by atoms with Gasteiger partial charge in [0.15, 0.2) is 0 Å². The van der Waals surface area contributed by atoms with Crippen LogP contribution in [-0.4, -0.2) is 38.2 Å². The molecule has 0 saturated heterocycles. The van der Waals surface area contributed by atoms with Crippen molar-refractivity contribution in [2.45, 2.75) is 19.9 Å². The van der Waals surface area contributed by atoms with Gasteiger partial charge in [-0.3, -0.25) is 4.79 Å². The van der Waals surface area contributed by atoms with Gasteiger partial charge in [-0.1, -0.05) is 0 Å². The molecule has 0 fully saturated rings. The highest BCUT2D eigenvalue weighted by Gasteiger charge is 2.05. The second-order valence-electron chi connectivity index (χ2n) is 4.54. The quantitative estimate of drug-likeness (QED) is 0.683. The molecule has 0 aromatic heterocycles. The van der Waals surface area contributed by atoms with E-state index in [-0.39, 0.29) is 18.0 Å². The minimum atomic E-state index is -0.237. The number of amides is 3. The molecule has 1 aromatic rings. The van der Waals surface area contributed by atoms with Crippen molar-refractivity contribution in [1.82, 2.24) is 16.0 Å². The molecule has 1 rings (SSSR count). The second-order valence-corrected chi connectivity index (χ2v) is 4.54. The minimum absolute atomic E-state index is 0.0869. The molecule has 0 aliphatic carbocycles. The van der Waals surface area contributed by atoms with Crippen molar-refractivity contribution >= 4 is 11.9 Å². The summed E-state index contributed by atoms with van der Waals surface area (Å²) in [6.45, 7) is 4.51. The summed E-state index contributed by atoms with van der Waals surface area (Å²) in [4.78, 5) is 23.1. The number of benzene rings is 1. The first kappa shape index (κ1) is 15.8. The molecule has 110 valence electrons. The summed E-state index contributed by atoms with van der Waals surface area (Å²) in [5.74, 6) is 0.521. The summed E-state index contributed by atoms with van der Waals surface area (Å²) in [7, 11) is 1.57. The molecule has 0 unspecified atom stereocenters. The molecule has 3 N–H and O–H groups in total. The highest BCUT2D eigenvalue weighted by atomic mass is 16.5. The Bertz CT molecular complexity index is 443. The molecule has 0 radical (unpaired) electrons. The van der Waals surface area contributed by atoms with Gasteiger partial charge in [0, 0.05) is 24.7 Å². The lowest BCUT2D eigenvalue weighted by Gasteiger charge is -2.10. The standard InChI is InChI=1S/C14H21N3O3/c1-10(2)17-14(19)16-9-8-15-13(18)11-4-6-12(20-3)7-5-11/h4-7,10H,8-9H2,1-3H3,(H,15,18)(H2,16,17,19). The van der Waals surface area contributed by atoms with Crippen molar-refractivity contribution in [3.8, 4) is 5.75 Å². The van der Waals surface area contributed by atoms with Gasteiger partial charge >= 0.3 is 6.03 Å². The van der Waals surface area contributed by atoms with Crippen molar-refractivity contribution in [1.29, 1.82) is 0 Å². The third-order valence-corrected chi connectivity index (χ3v) is 2.47. The number of methoxy groups -OCH3 is 1. The fourth-order valence-electron chi connectivity index (χ4n) is 1.51. The first-order chi connectivity index (χ1) is 9.52. The molecule has 6 heteroatoms. The maximum atomic E-state index is 11.8. The van der Waals surface area contributed by atoms with Crippen LogP contribution < -0.4 is 20.7 Å². The van der Waals surface area contributed by atoms with E-state index in [1.54, 1.807) is 31.4 Å². The largest absolute Gasteiger partial charge is 0.497 e. The Kier molecular flexibility index (Phi) is 6.36. The van der Waals surface area contributed by atoms with Crippen LogP contribution in [0.3, 0.4) is 0 Å². The van der Waals surface area contributed by atoms with Crippen LogP contribution in [0.2, 0.25) is 0 Å². The number of nitrogens with one attached hydrogen (secondary N) is 3. The van der Waals surface area contributed by atoms with Crippen LogP contribution in [0.15, 0.2) is 24.3 Å². The second kappa shape index (κ2) is 8.04. The van der Waals surface area contributed by atoms with Crippen LogP contribution in [0.4, 0.5) is 4.79 Å². The smallest absolute Gasteiger partial charge is 0.315 e. The van der Waals surface area contributed by atoms with E-state index in [0.717, 1.165) is 0 Å². The lowest BCUT2D eigenvalue weighted by atomic mass is 10.2. The van der Waals surface area contributed by atoms with Crippen molar-refractivity contribution in [2.75, 3.05) is 20.2 Å². The summed E-state index contributed by atoms with van der Waals surface area (Å²) in [6.07, 6.45) is 0. The van der Waals surface area contributed by atoms with Gasteiger partial charge in [-0.05, 0) is 38.1 Å². The third-order valence-electron chi connectivity index (χ3n) is 2.47. The van der Waals surface area contributed by atoms with E-state index < -0.39 is 0 Å². The number of rotatable bonds is 6. The Morgan fingerprint density at radius 3 is 2.25 bits per heavy atom. The molecule has 0 heterocycles. The van der Waals surface area contributed by atoms with Gasteiger partial charge in [0.2, 0.25) is 0 Å². The monoisotopic (exact) mass is 279 g/mol. The molecule has 0 spiro atoms. The van der Waals surface area contributed by atoms with Crippen LogP contribution in [-0.2, 0) is 0 Å². The number of carbonyl (C=O) groups is 2. The molecular formula is C14H21N3O3. The Labute approximate surface area is 118 Å². The van der Waals surface area contributed by atoms with Gasteiger partial charge < -0.3 is 20.7 Å². The molecule has 6 nitrogen and oxygen atoms in total. The molecule has 0 atom stereocenters. The van der Waals surface area contributed by atoms with Gasteiger partial charge in [0.25, 0.3) is 5.91 Å². The molecule has 1 aromatic carbocycles. The highest BCUT2D eigenvalue weighted by molar-refractivity contribution is 5.94. The van der Waals surface area contributed by atoms with E-state index in [0.29, 0.717) is 24.4 Å². The van der Waals surface area contributed by atoms with Gasteiger partial charge in [0.1, 0.15) is 5.75 Å². The average Bonchev–Trinajstić information content (AvgIpc) is 2.42. The average molecular weight is 279 g/mol.